The van der Waals surface area contributed by atoms with Crippen molar-refractivity contribution in [1.29, 1.82) is 0 Å². The number of anilines is 1. The van der Waals surface area contributed by atoms with E-state index in [1.165, 1.54) is 37.3 Å². The number of amides is 2. The van der Waals surface area contributed by atoms with Gasteiger partial charge in [-0.05, 0) is 80.3 Å². The first-order valence-corrected chi connectivity index (χ1v) is 16.3. The van der Waals surface area contributed by atoms with Crippen LogP contribution in [0.15, 0.2) is 70.0 Å². The van der Waals surface area contributed by atoms with Crippen molar-refractivity contribution in [1.82, 2.24) is 10.2 Å². The predicted octanol–water partition coefficient (Wildman–Crippen LogP) is 5.61. The van der Waals surface area contributed by atoms with Gasteiger partial charge in [-0.2, -0.15) is 0 Å². The van der Waals surface area contributed by atoms with Gasteiger partial charge in [-0.1, -0.05) is 47.5 Å². The number of halogens is 1. The van der Waals surface area contributed by atoms with E-state index in [0.717, 1.165) is 38.3 Å². The highest BCUT2D eigenvalue weighted by molar-refractivity contribution is 9.10. The lowest BCUT2D eigenvalue weighted by atomic mass is 10.1. The van der Waals surface area contributed by atoms with Crippen molar-refractivity contribution in [2.75, 3.05) is 31.6 Å². The molecule has 0 aliphatic carbocycles. The summed E-state index contributed by atoms with van der Waals surface area (Å²) in [6, 6.07) is 16.2. The summed E-state index contributed by atoms with van der Waals surface area (Å²) in [6.45, 7) is 7.49. The number of nitrogens with zero attached hydrogens (tertiary/aromatic N) is 2. The number of unbranched alkanes of at least 4 members (excludes halogenated alkanes) is 1. The fraction of sp³-hybridized carbons (Fsp3) is 0.375. The van der Waals surface area contributed by atoms with Crippen molar-refractivity contribution in [3.8, 4) is 11.5 Å². The normalized spacial score (nSPS) is 11.9. The lowest BCUT2D eigenvalue weighted by Crippen LogP contribution is -2.51. The number of methoxy groups -OCH3 is 2. The molecule has 1 atom stereocenters. The monoisotopic (exact) mass is 673 g/mol. The highest BCUT2D eigenvalue weighted by Gasteiger charge is 2.33. The van der Waals surface area contributed by atoms with Gasteiger partial charge in [0.15, 0.2) is 11.5 Å². The predicted molar refractivity (Wildman–Crippen MR) is 172 cm³/mol. The maximum atomic E-state index is 14.2. The van der Waals surface area contributed by atoms with Crippen molar-refractivity contribution in [2.45, 2.75) is 58.0 Å². The quantitative estimate of drug-likeness (QED) is 0.223. The molecule has 0 aliphatic rings. The molecule has 232 valence electrons. The van der Waals surface area contributed by atoms with Crippen LogP contribution in [-0.4, -0.2) is 58.5 Å². The third-order valence-electron chi connectivity index (χ3n) is 6.98. The van der Waals surface area contributed by atoms with Crippen LogP contribution in [0.1, 0.15) is 43.4 Å². The molecule has 0 bridgehead atoms. The number of sulfonamides is 1. The molecule has 2 amide bonds. The molecule has 0 heterocycles. The Morgan fingerprint density at radius 1 is 0.930 bits per heavy atom. The van der Waals surface area contributed by atoms with Crippen LogP contribution in [-0.2, 0) is 26.2 Å². The SMILES string of the molecule is CCCCNC(=O)[C@@H](C)N(Cc1ccc(Br)cc1)C(=O)CN(c1cc(C)cc(C)c1)S(=O)(=O)c1ccc(OC)c(OC)c1. The Hall–Kier alpha value is -3.57. The van der Waals surface area contributed by atoms with Crippen LogP contribution in [0.4, 0.5) is 5.69 Å². The Morgan fingerprint density at radius 2 is 1.56 bits per heavy atom. The summed E-state index contributed by atoms with van der Waals surface area (Å²) in [5.74, 6) is -0.215. The van der Waals surface area contributed by atoms with E-state index in [4.69, 9.17) is 9.47 Å². The van der Waals surface area contributed by atoms with Crippen molar-refractivity contribution in [3.05, 3.63) is 81.8 Å². The first-order chi connectivity index (χ1) is 20.4. The molecule has 3 rings (SSSR count). The second-order valence-electron chi connectivity index (χ2n) is 10.3. The third-order valence-corrected chi connectivity index (χ3v) is 9.28. The molecule has 0 aromatic heterocycles. The van der Waals surface area contributed by atoms with E-state index in [2.05, 4.69) is 21.2 Å². The minimum Gasteiger partial charge on any atom is -0.493 e. The molecule has 0 saturated carbocycles. The van der Waals surface area contributed by atoms with E-state index in [-0.39, 0.29) is 23.1 Å². The van der Waals surface area contributed by atoms with Crippen LogP contribution in [0, 0.1) is 13.8 Å². The number of rotatable bonds is 14. The van der Waals surface area contributed by atoms with Gasteiger partial charge in [-0.3, -0.25) is 13.9 Å². The molecule has 0 radical (unpaired) electrons. The van der Waals surface area contributed by atoms with Crippen LogP contribution in [0.25, 0.3) is 0 Å². The van der Waals surface area contributed by atoms with E-state index in [1.807, 2.05) is 51.1 Å². The van der Waals surface area contributed by atoms with Crippen LogP contribution >= 0.6 is 15.9 Å². The molecule has 0 unspecified atom stereocenters. The second kappa shape index (κ2) is 15.2. The number of ether oxygens (including phenoxy) is 2. The summed E-state index contributed by atoms with van der Waals surface area (Å²) >= 11 is 3.43. The molecular formula is C32H40BrN3O6S. The minimum atomic E-state index is -4.27. The highest BCUT2D eigenvalue weighted by atomic mass is 79.9. The molecule has 11 heteroatoms. The van der Waals surface area contributed by atoms with E-state index in [9.17, 15) is 18.0 Å². The molecule has 3 aromatic rings. The molecule has 0 spiro atoms. The number of hydrogen-bond donors (Lipinski definition) is 1. The summed E-state index contributed by atoms with van der Waals surface area (Å²) in [6.07, 6.45) is 1.72. The van der Waals surface area contributed by atoms with E-state index in [1.54, 1.807) is 19.1 Å². The van der Waals surface area contributed by atoms with Gasteiger partial charge >= 0.3 is 0 Å². The Morgan fingerprint density at radius 3 is 2.14 bits per heavy atom. The summed E-state index contributed by atoms with van der Waals surface area (Å²) < 4.78 is 41.1. The van der Waals surface area contributed by atoms with Gasteiger partial charge in [0, 0.05) is 23.6 Å². The maximum absolute atomic E-state index is 14.2. The number of benzene rings is 3. The van der Waals surface area contributed by atoms with Crippen LogP contribution < -0.4 is 19.1 Å². The number of carbonyl (C=O) groups is 2. The summed E-state index contributed by atoms with van der Waals surface area (Å²) in [7, 11) is -1.38. The van der Waals surface area contributed by atoms with Crippen LogP contribution in [0.3, 0.4) is 0 Å². The van der Waals surface area contributed by atoms with Crippen molar-refractivity contribution >= 4 is 43.5 Å². The summed E-state index contributed by atoms with van der Waals surface area (Å²) in [5, 5.41) is 2.90. The summed E-state index contributed by atoms with van der Waals surface area (Å²) in [5.41, 5.74) is 2.81. The number of nitrogens with one attached hydrogen (secondary N) is 1. The molecule has 9 nitrogen and oxygen atoms in total. The molecule has 1 N–H and O–H groups in total. The number of aryl methyl sites for hydroxylation is 2. The number of carbonyl (C=O) groups excluding carboxylic acids is 2. The van der Waals surface area contributed by atoms with E-state index >= 15 is 0 Å². The minimum absolute atomic E-state index is 0.0677. The van der Waals surface area contributed by atoms with Crippen LogP contribution in [0.5, 0.6) is 11.5 Å². The topological polar surface area (TPSA) is 105 Å². The van der Waals surface area contributed by atoms with Gasteiger partial charge in [0.05, 0.1) is 24.8 Å². The van der Waals surface area contributed by atoms with Gasteiger partial charge in [0.2, 0.25) is 11.8 Å². The highest BCUT2D eigenvalue weighted by Crippen LogP contribution is 2.33. The first kappa shape index (κ1) is 33.9. The lowest BCUT2D eigenvalue weighted by Gasteiger charge is -2.32. The van der Waals surface area contributed by atoms with Crippen molar-refractivity contribution < 1.29 is 27.5 Å². The number of hydrogen-bond acceptors (Lipinski definition) is 6. The molecule has 3 aromatic carbocycles. The maximum Gasteiger partial charge on any atom is 0.264 e. The Labute approximate surface area is 263 Å². The van der Waals surface area contributed by atoms with Gasteiger partial charge < -0.3 is 19.7 Å². The van der Waals surface area contributed by atoms with Gasteiger partial charge in [0.1, 0.15) is 12.6 Å². The average molecular weight is 675 g/mol. The van der Waals surface area contributed by atoms with Gasteiger partial charge in [0.25, 0.3) is 10.0 Å². The Bertz CT molecular complexity index is 1510. The first-order valence-electron chi connectivity index (χ1n) is 14.1. The van der Waals surface area contributed by atoms with E-state index in [0.29, 0.717) is 18.0 Å². The molecule has 0 aliphatic heterocycles. The lowest BCUT2D eigenvalue weighted by molar-refractivity contribution is -0.139. The molecular weight excluding hydrogens is 634 g/mol. The van der Waals surface area contributed by atoms with E-state index < -0.39 is 28.5 Å². The zero-order valence-electron chi connectivity index (χ0n) is 25.5. The van der Waals surface area contributed by atoms with Crippen LogP contribution in [0.2, 0.25) is 0 Å². The largest absolute Gasteiger partial charge is 0.493 e. The standard InChI is InChI=1S/C32H40BrN3O6S/c1-7-8-15-34-32(38)24(4)35(20-25-9-11-26(33)12-10-25)31(37)21-36(27-17-22(2)16-23(3)18-27)43(39,40)28-13-14-29(41-5)30(19-28)42-6/h9-14,16-19,24H,7-8,15,20-21H2,1-6H3,(H,34,38)/t24-/m1/s1. The summed E-state index contributed by atoms with van der Waals surface area (Å²) in [4.78, 5) is 28.6. The second-order valence-corrected chi connectivity index (χ2v) is 13.1. The van der Waals surface area contributed by atoms with Crippen molar-refractivity contribution in [2.24, 2.45) is 0 Å². The fourth-order valence-corrected chi connectivity index (χ4v) is 6.31. The zero-order valence-corrected chi connectivity index (χ0v) is 27.9. The molecule has 43 heavy (non-hydrogen) atoms. The fourth-order valence-electron chi connectivity index (χ4n) is 4.63. The van der Waals surface area contributed by atoms with Gasteiger partial charge in [-0.15, -0.1) is 0 Å². The third kappa shape index (κ3) is 8.73. The Kier molecular flexibility index (Phi) is 12.0. The Balaban J connectivity index is 2.08. The smallest absolute Gasteiger partial charge is 0.264 e. The average Bonchev–Trinajstić information content (AvgIpc) is 2.98. The molecule has 0 fully saturated rings. The van der Waals surface area contributed by atoms with Gasteiger partial charge in [-0.25, -0.2) is 8.42 Å². The molecule has 0 saturated heterocycles. The van der Waals surface area contributed by atoms with Crippen molar-refractivity contribution in [3.63, 3.8) is 0 Å². The zero-order chi connectivity index (χ0) is 31.7.